The van der Waals surface area contributed by atoms with Gasteiger partial charge in [-0.1, -0.05) is 18.1 Å². The third-order valence-electron chi connectivity index (χ3n) is 2.43. The van der Waals surface area contributed by atoms with Gasteiger partial charge in [0.25, 0.3) is 0 Å². The highest BCUT2D eigenvalue weighted by Gasteiger charge is 2.08. The average Bonchev–Trinajstić information content (AvgIpc) is 2.59. The van der Waals surface area contributed by atoms with E-state index in [1.165, 1.54) is 0 Å². The molecule has 2 aromatic rings. The van der Waals surface area contributed by atoms with E-state index in [1.807, 2.05) is 25.1 Å². The van der Waals surface area contributed by atoms with E-state index in [-0.39, 0.29) is 6.04 Å². The van der Waals surface area contributed by atoms with E-state index in [1.54, 1.807) is 0 Å². The summed E-state index contributed by atoms with van der Waals surface area (Å²) in [5, 5.41) is 5.09. The van der Waals surface area contributed by atoms with Crippen molar-refractivity contribution in [1.82, 2.24) is 5.16 Å². The zero-order valence-electron chi connectivity index (χ0n) is 8.45. The van der Waals surface area contributed by atoms with Gasteiger partial charge < -0.3 is 10.3 Å². The number of aromatic nitrogens is 1. The molecule has 1 atom stereocenters. The molecule has 1 aromatic heterocycles. The van der Waals surface area contributed by atoms with Crippen LogP contribution in [-0.4, -0.2) is 5.16 Å². The molecule has 0 aliphatic carbocycles. The molecule has 0 bridgehead atoms. The minimum Gasteiger partial charge on any atom is -0.356 e. The number of nitrogens with zero attached hydrogens (tertiary/aromatic N) is 1. The first-order chi connectivity index (χ1) is 6.72. The maximum absolute atomic E-state index is 5.78. The summed E-state index contributed by atoms with van der Waals surface area (Å²) in [5.74, 6) is 0. The third-order valence-corrected chi connectivity index (χ3v) is 2.43. The standard InChI is InChI=1S/C11H14N2O/c1-3-10-9-5-4-8(7(2)12)6-11(9)14-13-10/h4-7H,3,12H2,1-2H3. The van der Waals surface area contributed by atoms with Crippen molar-refractivity contribution in [2.24, 2.45) is 5.73 Å². The Morgan fingerprint density at radius 3 is 2.93 bits per heavy atom. The normalized spacial score (nSPS) is 13.4. The lowest BCUT2D eigenvalue weighted by Gasteiger charge is -2.03. The molecule has 0 amide bonds. The van der Waals surface area contributed by atoms with Crippen LogP contribution in [0.25, 0.3) is 11.0 Å². The Kier molecular flexibility index (Phi) is 2.25. The van der Waals surface area contributed by atoms with Crippen molar-refractivity contribution in [1.29, 1.82) is 0 Å². The molecule has 2 rings (SSSR count). The molecule has 0 aliphatic heterocycles. The first kappa shape index (κ1) is 9.21. The molecule has 1 unspecified atom stereocenters. The van der Waals surface area contributed by atoms with Crippen LogP contribution in [0.15, 0.2) is 22.7 Å². The minimum absolute atomic E-state index is 0.0366. The van der Waals surface area contributed by atoms with Crippen molar-refractivity contribution >= 4 is 11.0 Å². The molecule has 1 aromatic carbocycles. The zero-order chi connectivity index (χ0) is 10.1. The number of nitrogens with two attached hydrogens (primary N) is 1. The highest BCUT2D eigenvalue weighted by atomic mass is 16.5. The van der Waals surface area contributed by atoms with Gasteiger partial charge >= 0.3 is 0 Å². The lowest BCUT2D eigenvalue weighted by molar-refractivity contribution is 0.447. The summed E-state index contributed by atoms with van der Waals surface area (Å²) in [4.78, 5) is 0. The van der Waals surface area contributed by atoms with Crippen LogP contribution in [-0.2, 0) is 6.42 Å². The second kappa shape index (κ2) is 3.42. The van der Waals surface area contributed by atoms with Crippen molar-refractivity contribution in [3.63, 3.8) is 0 Å². The molecule has 0 aliphatic rings. The molecule has 0 radical (unpaired) electrons. The van der Waals surface area contributed by atoms with Crippen molar-refractivity contribution < 1.29 is 4.52 Å². The van der Waals surface area contributed by atoms with Gasteiger partial charge in [0.1, 0.15) is 0 Å². The van der Waals surface area contributed by atoms with Gasteiger partial charge in [-0.05, 0) is 31.0 Å². The van der Waals surface area contributed by atoms with Gasteiger partial charge in [0, 0.05) is 11.4 Å². The van der Waals surface area contributed by atoms with Gasteiger partial charge in [0.15, 0.2) is 5.58 Å². The summed E-state index contributed by atoms with van der Waals surface area (Å²) in [6.07, 6.45) is 0.893. The molecule has 3 heteroatoms. The predicted molar refractivity (Wildman–Crippen MR) is 56.0 cm³/mol. The Morgan fingerprint density at radius 1 is 1.50 bits per heavy atom. The Bertz CT molecular complexity index is 445. The molecule has 1 heterocycles. The lowest BCUT2D eigenvalue weighted by atomic mass is 10.1. The van der Waals surface area contributed by atoms with Crippen LogP contribution >= 0.6 is 0 Å². The van der Waals surface area contributed by atoms with E-state index >= 15 is 0 Å². The quantitative estimate of drug-likeness (QED) is 0.791. The zero-order valence-corrected chi connectivity index (χ0v) is 8.45. The van der Waals surface area contributed by atoms with Gasteiger partial charge in [-0.2, -0.15) is 0 Å². The molecule has 0 saturated heterocycles. The molecule has 0 fully saturated rings. The largest absolute Gasteiger partial charge is 0.356 e. The number of aryl methyl sites for hydroxylation is 1. The van der Waals surface area contributed by atoms with Gasteiger partial charge in [-0.25, -0.2) is 0 Å². The summed E-state index contributed by atoms with van der Waals surface area (Å²) >= 11 is 0. The smallest absolute Gasteiger partial charge is 0.167 e. The SMILES string of the molecule is CCc1noc2cc(C(C)N)ccc12. The van der Waals surface area contributed by atoms with Gasteiger partial charge in [-0.3, -0.25) is 0 Å². The monoisotopic (exact) mass is 190 g/mol. The predicted octanol–water partition coefficient (Wildman–Crippen LogP) is 2.41. The minimum atomic E-state index is 0.0366. The fourth-order valence-electron chi connectivity index (χ4n) is 1.54. The van der Waals surface area contributed by atoms with Crippen molar-refractivity contribution in [3.05, 3.63) is 29.5 Å². The van der Waals surface area contributed by atoms with Gasteiger partial charge in [-0.15, -0.1) is 0 Å². The Labute approximate surface area is 82.9 Å². The number of hydrogen-bond acceptors (Lipinski definition) is 3. The summed E-state index contributed by atoms with van der Waals surface area (Å²) in [6.45, 7) is 4.02. The molecule has 14 heavy (non-hydrogen) atoms. The first-order valence-corrected chi connectivity index (χ1v) is 4.86. The number of rotatable bonds is 2. The second-order valence-electron chi connectivity index (χ2n) is 3.53. The Hall–Kier alpha value is -1.35. The molecule has 0 spiro atoms. The topological polar surface area (TPSA) is 52.0 Å². The summed E-state index contributed by atoms with van der Waals surface area (Å²) in [5.41, 5.74) is 8.70. The maximum Gasteiger partial charge on any atom is 0.167 e. The lowest BCUT2D eigenvalue weighted by Crippen LogP contribution is -2.04. The van der Waals surface area contributed by atoms with E-state index in [0.717, 1.165) is 28.6 Å². The molecular formula is C11H14N2O. The van der Waals surface area contributed by atoms with Crippen molar-refractivity contribution in [2.75, 3.05) is 0 Å². The second-order valence-corrected chi connectivity index (χ2v) is 3.53. The molecule has 3 nitrogen and oxygen atoms in total. The van der Waals surface area contributed by atoms with Crippen LogP contribution in [0.5, 0.6) is 0 Å². The Balaban J connectivity index is 2.57. The fourth-order valence-corrected chi connectivity index (χ4v) is 1.54. The number of benzene rings is 1. The van der Waals surface area contributed by atoms with Crippen molar-refractivity contribution in [3.8, 4) is 0 Å². The van der Waals surface area contributed by atoms with Crippen molar-refractivity contribution in [2.45, 2.75) is 26.3 Å². The molecular weight excluding hydrogens is 176 g/mol. The van der Waals surface area contributed by atoms with Crippen LogP contribution in [0.4, 0.5) is 0 Å². The van der Waals surface area contributed by atoms with E-state index < -0.39 is 0 Å². The first-order valence-electron chi connectivity index (χ1n) is 4.86. The third kappa shape index (κ3) is 1.40. The van der Waals surface area contributed by atoms with E-state index in [0.29, 0.717) is 0 Å². The van der Waals surface area contributed by atoms with Crippen LogP contribution in [0.3, 0.4) is 0 Å². The summed E-state index contributed by atoms with van der Waals surface area (Å²) in [6, 6.07) is 6.06. The fraction of sp³-hybridized carbons (Fsp3) is 0.364. The molecule has 2 N–H and O–H groups in total. The number of hydrogen-bond donors (Lipinski definition) is 1. The highest BCUT2D eigenvalue weighted by molar-refractivity contribution is 5.80. The van der Waals surface area contributed by atoms with Crippen LogP contribution < -0.4 is 5.73 Å². The summed E-state index contributed by atoms with van der Waals surface area (Å²) < 4.78 is 5.23. The Morgan fingerprint density at radius 2 is 2.29 bits per heavy atom. The van der Waals surface area contributed by atoms with E-state index in [4.69, 9.17) is 10.3 Å². The average molecular weight is 190 g/mol. The van der Waals surface area contributed by atoms with Crippen LogP contribution in [0, 0.1) is 0 Å². The van der Waals surface area contributed by atoms with Crippen LogP contribution in [0.1, 0.15) is 31.1 Å². The van der Waals surface area contributed by atoms with Gasteiger partial charge in [0.2, 0.25) is 0 Å². The molecule has 0 saturated carbocycles. The van der Waals surface area contributed by atoms with E-state index in [9.17, 15) is 0 Å². The van der Waals surface area contributed by atoms with Gasteiger partial charge in [0.05, 0.1) is 5.69 Å². The van der Waals surface area contributed by atoms with E-state index in [2.05, 4.69) is 12.1 Å². The van der Waals surface area contributed by atoms with Crippen LogP contribution in [0.2, 0.25) is 0 Å². The molecule has 74 valence electrons. The summed E-state index contributed by atoms with van der Waals surface area (Å²) in [7, 11) is 0. The number of fused-ring (bicyclic) bond motifs is 1. The highest BCUT2D eigenvalue weighted by Crippen LogP contribution is 2.22. The maximum atomic E-state index is 5.78.